The summed E-state index contributed by atoms with van der Waals surface area (Å²) in [5, 5.41) is 24.0. The van der Waals surface area contributed by atoms with Crippen molar-refractivity contribution in [2.45, 2.75) is 43.9 Å². The molecule has 2 bridgehead atoms. The zero-order valence-electron chi connectivity index (χ0n) is 31.6. The van der Waals surface area contributed by atoms with Gasteiger partial charge in [0, 0.05) is 22.8 Å². The lowest BCUT2D eigenvalue weighted by molar-refractivity contribution is -0.904. The molecule has 1 amide bonds. The van der Waals surface area contributed by atoms with Crippen molar-refractivity contribution in [3.63, 3.8) is 0 Å². The molecule has 3 fully saturated rings. The highest BCUT2D eigenvalue weighted by molar-refractivity contribution is 6.35. The maximum Gasteiger partial charge on any atom is 0.408 e. The maximum atomic E-state index is 13.4. The van der Waals surface area contributed by atoms with E-state index in [1.165, 1.54) is 26.6 Å². The number of carboxylic acid groups (broad SMARTS) is 1. The van der Waals surface area contributed by atoms with E-state index in [1.54, 1.807) is 24.3 Å². The lowest BCUT2D eigenvalue weighted by Crippen LogP contribution is -2.52. The van der Waals surface area contributed by atoms with Crippen molar-refractivity contribution in [3.05, 3.63) is 152 Å². The van der Waals surface area contributed by atoms with Crippen molar-refractivity contribution in [1.82, 2.24) is 10.2 Å². The predicted molar refractivity (Wildman–Crippen MR) is 214 cm³/mol. The summed E-state index contributed by atoms with van der Waals surface area (Å²) in [4.78, 5) is 28.5. The number of carbonyl (C=O) groups excluding carboxylic acids is 1. The molecule has 3 N–H and O–H groups in total. The van der Waals surface area contributed by atoms with Crippen LogP contribution in [0.25, 0.3) is 0 Å². The summed E-state index contributed by atoms with van der Waals surface area (Å²) in [7, 11) is 3.07. The molecule has 0 aliphatic carbocycles. The van der Waals surface area contributed by atoms with Crippen LogP contribution in [0.15, 0.2) is 103 Å². The second kappa shape index (κ2) is 17.8. The van der Waals surface area contributed by atoms with Crippen LogP contribution < -0.4 is 24.3 Å². The van der Waals surface area contributed by atoms with Crippen LogP contribution >= 0.6 is 23.2 Å². The number of aromatic nitrogens is 1. The lowest BCUT2D eigenvalue weighted by Gasteiger charge is -2.43. The van der Waals surface area contributed by atoms with E-state index in [-0.39, 0.29) is 34.7 Å². The van der Waals surface area contributed by atoms with Gasteiger partial charge in [-0.2, -0.15) is 0 Å². The monoisotopic (exact) mass is 812 g/mol. The molecule has 4 heterocycles. The minimum atomic E-state index is -1.11. The average molecular weight is 814 g/mol. The summed E-state index contributed by atoms with van der Waals surface area (Å²) in [5.74, 6) is 0.222. The molecule has 1 aromatic heterocycles. The zero-order chi connectivity index (χ0) is 40.1. The van der Waals surface area contributed by atoms with E-state index < -0.39 is 24.0 Å². The molecule has 13 heteroatoms. The molecule has 3 aliphatic heterocycles. The fraction of sp³-hybridized carbons (Fsp3) is 0.295. The highest BCUT2D eigenvalue weighted by Gasteiger charge is 2.37. The quantitative estimate of drug-likeness (QED) is 0.0753. The second-order valence-corrected chi connectivity index (χ2v) is 15.2. The highest BCUT2D eigenvalue weighted by Crippen LogP contribution is 2.39. The first kappa shape index (κ1) is 39.7. The van der Waals surface area contributed by atoms with E-state index in [4.69, 9.17) is 42.1 Å². The molecule has 0 unspecified atom stereocenters. The van der Waals surface area contributed by atoms with Crippen LogP contribution in [0.3, 0.4) is 0 Å². The van der Waals surface area contributed by atoms with Crippen LogP contribution in [0, 0.1) is 5.92 Å². The van der Waals surface area contributed by atoms with E-state index in [2.05, 4.69) is 10.2 Å². The summed E-state index contributed by atoms with van der Waals surface area (Å²) >= 11 is 13.2. The number of carboxylic acids is 1. The molecule has 3 saturated heterocycles. The molecule has 8 rings (SSSR count). The number of ether oxygens (including phenoxy) is 4. The summed E-state index contributed by atoms with van der Waals surface area (Å²) < 4.78 is 24.2. The van der Waals surface area contributed by atoms with Gasteiger partial charge in [0.15, 0.2) is 11.5 Å². The molecule has 0 spiro atoms. The standard InChI is InChI=1S/C44H43Cl2N3O8/c1-54-39-14-12-30(21-40(39)55-2)34(22-36-37(45)23-49(53)24-38(36)46)35-19-27(11-13-33(35)43(50)51)26-56-32-10-6-9-31(20-32)42(29-7-4-3-5-8-29)47-44(52)57-41-25-48-17-15-28(41)16-18-48/h3-14,19-21,23-24,28,34,41-42H,15-18,22,25-26H2,1-2H3,(H2-,47,50,51,52,53)/p+1/t34-,41-,42-/m0/s1. The number of pyridine rings is 1. The Bertz CT molecular complexity index is 2210. The molecule has 3 aliphatic rings. The van der Waals surface area contributed by atoms with E-state index in [1.807, 2.05) is 66.7 Å². The SMILES string of the molecule is COc1ccc([C@H](Cc2c(Cl)c[n+](O)cc2Cl)c2cc(COc3cccc([C@@H](NC(=O)O[C@H]4CN5CCC4CC5)c4ccccc4)c3)ccc2C(=O)O)cc1OC. The van der Waals surface area contributed by atoms with Gasteiger partial charge >= 0.3 is 12.1 Å². The van der Waals surface area contributed by atoms with Crippen LogP contribution in [0.1, 0.15) is 68.5 Å². The molecular formula is C44H44Cl2N3O8+. The normalized spacial score (nSPS) is 18.3. The number of halogens is 2. The van der Waals surface area contributed by atoms with Crippen molar-refractivity contribution in [3.8, 4) is 17.2 Å². The smallest absolute Gasteiger partial charge is 0.408 e. The molecule has 296 valence electrons. The lowest BCUT2D eigenvalue weighted by atomic mass is 9.82. The van der Waals surface area contributed by atoms with Crippen molar-refractivity contribution >= 4 is 35.3 Å². The summed E-state index contributed by atoms with van der Waals surface area (Å²) in [6, 6.07) is 27.2. The number of nitrogens with one attached hydrogen (secondary N) is 1. The van der Waals surface area contributed by atoms with Gasteiger partial charge in [-0.25, -0.2) is 9.59 Å². The number of benzene rings is 4. The van der Waals surface area contributed by atoms with Gasteiger partial charge in [-0.05, 0) is 96.4 Å². The Morgan fingerprint density at radius 2 is 1.58 bits per heavy atom. The third-order valence-electron chi connectivity index (χ3n) is 10.9. The van der Waals surface area contributed by atoms with Crippen LogP contribution in [-0.2, 0) is 17.8 Å². The number of nitrogens with zero attached hydrogens (tertiary/aromatic N) is 2. The first-order valence-corrected chi connectivity index (χ1v) is 19.5. The molecule has 5 aromatic rings. The molecular weight excluding hydrogens is 769 g/mol. The number of aromatic carboxylic acids is 1. The van der Waals surface area contributed by atoms with Crippen LogP contribution in [-0.4, -0.2) is 67.2 Å². The van der Waals surface area contributed by atoms with Gasteiger partial charge in [0.2, 0.25) is 12.4 Å². The molecule has 3 atom stereocenters. The Hall–Kier alpha value is -5.49. The molecule has 11 nitrogen and oxygen atoms in total. The molecule has 0 radical (unpaired) electrons. The van der Waals surface area contributed by atoms with Crippen molar-refractivity contribution in [1.29, 1.82) is 0 Å². The van der Waals surface area contributed by atoms with Crippen LogP contribution in [0.2, 0.25) is 10.0 Å². The zero-order valence-corrected chi connectivity index (χ0v) is 33.1. The maximum absolute atomic E-state index is 13.4. The Morgan fingerprint density at radius 3 is 2.25 bits per heavy atom. The van der Waals surface area contributed by atoms with Crippen molar-refractivity contribution in [2.24, 2.45) is 5.92 Å². The first-order valence-electron chi connectivity index (χ1n) is 18.7. The number of hydrogen-bond donors (Lipinski definition) is 3. The number of piperidine rings is 3. The third kappa shape index (κ3) is 9.23. The largest absolute Gasteiger partial charge is 0.493 e. The van der Waals surface area contributed by atoms with E-state index in [0.717, 1.165) is 53.9 Å². The summed E-state index contributed by atoms with van der Waals surface area (Å²) in [5.41, 5.74) is 4.23. The summed E-state index contributed by atoms with van der Waals surface area (Å²) in [6.07, 6.45) is 4.33. The van der Waals surface area contributed by atoms with E-state index in [0.29, 0.717) is 39.9 Å². The van der Waals surface area contributed by atoms with Gasteiger partial charge in [-0.15, -0.1) is 0 Å². The Kier molecular flexibility index (Phi) is 12.4. The topological polar surface area (TPSA) is 131 Å². The van der Waals surface area contributed by atoms with Crippen molar-refractivity contribution in [2.75, 3.05) is 33.9 Å². The van der Waals surface area contributed by atoms with E-state index >= 15 is 0 Å². The Balaban J connectivity index is 1.17. The van der Waals surface area contributed by atoms with Gasteiger partial charge in [-0.3, -0.25) is 10.1 Å². The first-order chi connectivity index (χ1) is 27.6. The van der Waals surface area contributed by atoms with Gasteiger partial charge in [-0.1, -0.05) is 83.9 Å². The third-order valence-corrected chi connectivity index (χ3v) is 11.5. The molecule has 4 aromatic carbocycles. The number of amides is 1. The second-order valence-electron chi connectivity index (χ2n) is 14.3. The summed E-state index contributed by atoms with van der Waals surface area (Å²) in [6.45, 7) is 2.98. The van der Waals surface area contributed by atoms with E-state index in [9.17, 15) is 19.9 Å². The number of fused-ring (bicyclic) bond motifs is 3. The molecule has 57 heavy (non-hydrogen) atoms. The number of methoxy groups -OCH3 is 2. The number of rotatable bonds is 14. The van der Waals surface area contributed by atoms with Gasteiger partial charge in [0.25, 0.3) is 0 Å². The number of alkyl carbamates (subject to hydrolysis) is 1. The van der Waals surface area contributed by atoms with Gasteiger partial charge < -0.3 is 29.4 Å². The fourth-order valence-corrected chi connectivity index (χ4v) is 8.50. The van der Waals surface area contributed by atoms with Crippen LogP contribution in [0.5, 0.6) is 17.2 Å². The molecule has 0 saturated carbocycles. The average Bonchev–Trinajstić information content (AvgIpc) is 3.22. The van der Waals surface area contributed by atoms with Crippen molar-refractivity contribution < 1.29 is 43.6 Å². The predicted octanol–water partition coefficient (Wildman–Crippen LogP) is 8.10. The Morgan fingerprint density at radius 1 is 0.860 bits per heavy atom. The minimum Gasteiger partial charge on any atom is -0.493 e. The number of hydrogen-bond acceptors (Lipinski definition) is 8. The Labute approximate surface area is 341 Å². The minimum absolute atomic E-state index is 0.0860. The number of carbonyl (C=O) groups is 2. The van der Waals surface area contributed by atoms with Crippen LogP contribution in [0.4, 0.5) is 4.79 Å². The fourth-order valence-electron chi connectivity index (χ4n) is 7.89. The highest BCUT2D eigenvalue weighted by atomic mass is 35.5. The van der Waals surface area contributed by atoms with Gasteiger partial charge in [0.1, 0.15) is 28.5 Å². The van der Waals surface area contributed by atoms with Gasteiger partial charge in [0.05, 0.1) is 25.8 Å².